The Morgan fingerprint density at radius 1 is 0.912 bits per heavy atom. The second-order valence-electron chi connectivity index (χ2n) is 8.53. The minimum atomic E-state index is -1.55. The molecule has 1 saturated heterocycles. The van der Waals surface area contributed by atoms with E-state index in [1.165, 1.54) is 13.2 Å². The topological polar surface area (TPSA) is 139 Å². The molecular formula is C25H24O9. The van der Waals surface area contributed by atoms with Gasteiger partial charge in [-0.25, -0.2) is 4.79 Å². The molecule has 2 heterocycles. The molecule has 0 saturated carbocycles. The van der Waals surface area contributed by atoms with Crippen LogP contribution in [0.3, 0.4) is 0 Å². The van der Waals surface area contributed by atoms with Gasteiger partial charge in [0.1, 0.15) is 41.1 Å². The molecule has 4 aromatic rings. The maximum atomic E-state index is 12.9. The Balaban J connectivity index is 1.82. The molecule has 3 aromatic carbocycles. The fourth-order valence-electron chi connectivity index (χ4n) is 4.53. The van der Waals surface area contributed by atoms with Gasteiger partial charge in [0.05, 0.1) is 24.0 Å². The van der Waals surface area contributed by atoms with Crippen molar-refractivity contribution in [3.8, 4) is 17.2 Å². The van der Waals surface area contributed by atoms with Crippen LogP contribution in [0.5, 0.6) is 17.2 Å². The van der Waals surface area contributed by atoms with Gasteiger partial charge < -0.3 is 39.1 Å². The van der Waals surface area contributed by atoms with Crippen molar-refractivity contribution >= 4 is 32.5 Å². The highest BCUT2D eigenvalue weighted by molar-refractivity contribution is 6.18. The summed E-state index contributed by atoms with van der Waals surface area (Å²) in [6.07, 6.45) is -6.48. The van der Waals surface area contributed by atoms with Crippen LogP contribution in [0.1, 0.15) is 12.5 Å². The summed E-state index contributed by atoms with van der Waals surface area (Å²) in [5.41, 5.74) is 0.484. The molecule has 0 spiro atoms. The van der Waals surface area contributed by atoms with E-state index < -0.39 is 36.3 Å². The summed E-state index contributed by atoms with van der Waals surface area (Å²) in [6, 6.07) is 9.78. The molecule has 34 heavy (non-hydrogen) atoms. The van der Waals surface area contributed by atoms with Crippen molar-refractivity contribution in [2.45, 2.75) is 44.6 Å². The van der Waals surface area contributed by atoms with Gasteiger partial charge in [0, 0.05) is 16.2 Å². The first kappa shape index (κ1) is 22.4. The number of hydrogen-bond donors (Lipinski definition) is 4. The van der Waals surface area contributed by atoms with Gasteiger partial charge in [0.15, 0.2) is 0 Å². The van der Waals surface area contributed by atoms with Crippen molar-refractivity contribution in [1.82, 2.24) is 0 Å². The number of benzene rings is 3. The fraction of sp³-hybridized carbons (Fsp3) is 0.320. The van der Waals surface area contributed by atoms with Crippen LogP contribution < -0.4 is 15.1 Å². The molecule has 1 fully saturated rings. The molecule has 1 aliphatic heterocycles. The first-order chi connectivity index (χ1) is 16.2. The van der Waals surface area contributed by atoms with Gasteiger partial charge in [-0.3, -0.25) is 0 Å². The normalized spacial score (nSPS) is 25.2. The first-order valence-corrected chi connectivity index (χ1v) is 10.8. The van der Waals surface area contributed by atoms with Crippen LogP contribution in [-0.4, -0.2) is 58.2 Å². The zero-order valence-electron chi connectivity index (χ0n) is 18.7. The molecule has 0 bridgehead atoms. The third-order valence-corrected chi connectivity index (χ3v) is 6.26. The molecule has 1 aliphatic rings. The first-order valence-electron chi connectivity index (χ1n) is 10.8. The molecule has 5 rings (SSSR count). The number of methoxy groups -OCH3 is 1. The number of phenols is 1. The van der Waals surface area contributed by atoms with Gasteiger partial charge in [-0.2, -0.15) is 0 Å². The molecule has 9 heteroatoms. The van der Waals surface area contributed by atoms with Crippen molar-refractivity contribution in [2.24, 2.45) is 0 Å². The maximum absolute atomic E-state index is 12.9. The maximum Gasteiger partial charge on any atom is 0.344 e. The monoisotopic (exact) mass is 468 g/mol. The minimum absolute atomic E-state index is 0.123. The third-order valence-electron chi connectivity index (χ3n) is 6.26. The van der Waals surface area contributed by atoms with E-state index in [2.05, 4.69) is 0 Å². The van der Waals surface area contributed by atoms with E-state index in [9.17, 15) is 25.2 Å². The zero-order valence-corrected chi connectivity index (χ0v) is 18.7. The molecule has 178 valence electrons. The average Bonchev–Trinajstić information content (AvgIpc) is 2.81. The molecule has 5 atom stereocenters. The van der Waals surface area contributed by atoms with Gasteiger partial charge in [-0.15, -0.1) is 0 Å². The molecule has 0 aliphatic carbocycles. The Bertz CT molecular complexity index is 1480. The largest absolute Gasteiger partial charge is 0.507 e. The highest BCUT2D eigenvalue weighted by Crippen LogP contribution is 2.43. The van der Waals surface area contributed by atoms with Crippen LogP contribution in [0.15, 0.2) is 45.6 Å². The van der Waals surface area contributed by atoms with Crippen LogP contribution in [-0.2, 0) is 4.74 Å². The van der Waals surface area contributed by atoms with E-state index in [-0.39, 0.29) is 22.5 Å². The summed E-state index contributed by atoms with van der Waals surface area (Å²) >= 11 is 0. The van der Waals surface area contributed by atoms with Crippen molar-refractivity contribution < 1.29 is 39.1 Å². The van der Waals surface area contributed by atoms with E-state index >= 15 is 0 Å². The van der Waals surface area contributed by atoms with E-state index in [1.54, 1.807) is 37.3 Å². The number of ether oxygens (including phenoxy) is 3. The number of fused-ring (bicyclic) bond motifs is 5. The zero-order chi connectivity index (χ0) is 24.3. The lowest BCUT2D eigenvalue weighted by Crippen LogP contribution is -2.58. The van der Waals surface area contributed by atoms with E-state index in [1.807, 2.05) is 6.92 Å². The van der Waals surface area contributed by atoms with Gasteiger partial charge >= 0.3 is 5.63 Å². The quantitative estimate of drug-likeness (QED) is 0.263. The Morgan fingerprint density at radius 2 is 1.68 bits per heavy atom. The highest BCUT2D eigenvalue weighted by atomic mass is 16.7. The second kappa shape index (κ2) is 8.14. The van der Waals surface area contributed by atoms with Crippen LogP contribution in [0.4, 0.5) is 0 Å². The Morgan fingerprint density at radius 3 is 2.41 bits per heavy atom. The lowest BCUT2D eigenvalue weighted by Gasteiger charge is -2.39. The summed E-state index contributed by atoms with van der Waals surface area (Å²) in [6.45, 7) is 3.38. The van der Waals surface area contributed by atoms with Gasteiger partial charge in [0.25, 0.3) is 0 Å². The predicted octanol–water partition coefficient (Wildman–Crippen LogP) is 2.33. The van der Waals surface area contributed by atoms with Crippen molar-refractivity contribution in [3.05, 3.63) is 52.4 Å². The molecule has 0 unspecified atom stereocenters. The number of aromatic hydroxyl groups is 1. The third kappa shape index (κ3) is 3.36. The SMILES string of the molecule is COc1cc(C)cc2c(=O)oc3c4cccc(O)c4c(O[C@@H]4O[C@H](C)[C@H](O)[C@@H](O)[C@@H]4O)cc3c12. The summed E-state index contributed by atoms with van der Waals surface area (Å²) in [4.78, 5) is 12.9. The lowest BCUT2D eigenvalue weighted by molar-refractivity contribution is -0.267. The minimum Gasteiger partial charge on any atom is -0.507 e. The number of aryl methyl sites for hydroxylation is 1. The lowest BCUT2D eigenvalue weighted by atomic mass is 9.98. The smallest absolute Gasteiger partial charge is 0.344 e. The van der Waals surface area contributed by atoms with E-state index in [0.29, 0.717) is 27.3 Å². The van der Waals surface area contributed by atoms with Crippen molar-refractivity contribution in [1.29, 1.82) is 0 Å². The predicted molar refractivity (Wildman–Crippen MR) is 123 cm³/mol. The van der Waals surface area contributed by atoms with Gasteiger partial charge in [-0.05, 0) is 43.7 Å². The van der Waals surface area contributed by atoms with Crippen molar-refractivity contribution in [3.63, 3.8) is 0 Å². The molecule has 9 nitrogen and oxygen atoms in total. The summed E-state index contributed by atoms with van der Waals surface area (Å²) < 4.78 is 22.8. The number of aliphatic hydroxyl groups excluding tert-OH is 3. The molecule has 0 radical (unpaired) electrons. The summed E-state index contributed by atoms with van der Waals surface area (Å²) in [7, 11) is 1.50. The van der Waals surface area contributed by atoms with E-state index in [4.69, 9.17) is 18.6 Å². The second-order valence-corrected chi connectivity index (χ2v) is 8.53. The number of phenolic OH excluding ortho intramolecular Hbond substituents is 1. The Kier molecular flexibility index (Phi) is 5.37. The summed E-state index contributed by atoms with van der Waals surface area (Å²) in [5.74, 6) is 0.435. The van der Waals surface area contributed by atoms with Gasteiger partial charge in [-0.1, -0.05) is 12.1 Å². The standard InChI is InChI=1S/C25H24O9/c1-10-7-14-18(16(8-10)31-3)13-9-17(33-25-22(29)21(28)20(27)11(2)32-25)19-12(5-4-6-15(19)26)23(13)34-24(14)30/h4-9,11,20-22,25-29H,1-3H3/t11-,20+,21-,22+,25+/m1/s1. The van der Waals surface area contributed by atoms with Crippen LogP contribution in [0.2, 0.25) is 0 Å². The number of hydrogen-bond acceptors (Lipinski definition) is 9. The molecular weight excluding hydrogens is 444 g/mol. The molecule has 0 amide bonds. The van der Waals surface area contributed by atoms with Crippen LogP contribution in [0.25, 0.3) is 32.5 Å². The highest BCUT2D eigenvalue weighted by Gasteiger charge is 2.43. The number of rotatable bonds is 3. The van der Waals surface area contributed by atoms with E-state index in [0.717, 1.165) is 5.56 Å². The summed E-state index contributed by atoms with van der Waals surface area (Å²) in [5, 5.41) is 43.2. The Labute approximate surface area is 193 Å². The van der Waals surface area contributed by atoms with Gasteiger partial charge in [0.2, 0.25) is 6.29 Å². The fourth-order valence-corrected chi connectivity index (χ4v) is 4.53. The van der Waals surface area contributed by atoms with Crippen LogP contribution >= 0.6 is 0 Å². The molecule has 1 aromatic heterocycles. The number of aliphatic hydroxyl groups is 3. The molecule has 4 N–H and O–H groups in total. The average molecular weight is 468 g/mol. The Hall–Kier alpha value is -3.37. The van der Waals surface area contributed by atoms with Crippen molar-refractivity contribution in [2.75, 3.05) is 7.11 Å². The van der Waals surface area contributed by atoms with Crippen LogP contribution in [0, 0.1) is 6.92 Å².